The highest BCUT2D eigenvalue weighted by atomic mass is 32.1. The Kier molecular flexibility index (Phi) is 2.64. The largest absolute Gasteiger partial charge is 0.317 e. The minimum Gasteiger partial charge on any atom is -0.317 e. The summed E-state index contributed by atoms with van der Waals surface area (Å²) in [5.41, 5.74) is 3.73. The van der Waals surface area contributed by atoms with Crippen LogP contribution in [0.5, 0.6) is 0 Å². The highest BCUT2D eigenvalue weighted by molar-refractivity contribution is 7.18. The first kappa shape index (κ1) is 11.3. The van der Waals surface area contributed by atoms with Gasteiger partial charge in [-0.1, -0.05) is 0 Å². The van der Waals surface area contributed by atoms with Crippen LogP contribution >= 0.6 is 11.3 Å². The van der Waals surface area contributed by atoms with Crippen molar-refractivity contribution in [3.63, 3.8) is 0 Å². The van der Waals surface area contributed by atoms with Gasteiger partial charge in [-0.05, 0) is 56.9 Å². The predicted molar refractivity (Wildman–Crippen MR) is 99.0 cm³/mol. The zero-order valence-electron chi connectivity index (χ0n) is 17.5. The lowest BCUT2D eigenvalue weighted by molar-refractivity contribution is 0.465. The van der Waals surface area contributed by atoms with Crippen molar-refractivity contribution in [3.8, 4) is 11.4 Å². The van der Waals surface area contributed by atoms with Crippen molar-refractivity contribution in [3.05, 3.63) is 41.2 Å². The molecule has 126 valence electrons. The van der Waals surface area contributed by atoms with E-state index in [1.807, 2.05) is 31.3 Å². The molecule has 7 heteroatoms. The van der Waals surface area contributed by atoms with Gasteiger partial charge in [0, 0.05) is 10.4 Å². The van der Waals surface area contributed by atoms with Crippen LogP contribution in [0.4, 0.5) is 0 Å². The molecule has 1 fully saturated rings. The molecule has 4 aromatic heterocycles. The molecule has 1 N–H and O–H groups in total. The number of aryl methyl sites for hydroxylation is 1. The number of hydrogen-bond acceptors (Lipinski definition) is 6. The molecule has 0 aliphatic carbocycles. The summed E-state index contributed by atoms with van der Waals surface area (Å²) in [6.45, 7) is -1.59. The Morgan fingerprint density at radius 2 is 2.12 bits per heavy atom. The Balaban J connectivity index is 1.51. The van der Waals surface area contributed by atoms with Crippen LogP contribution in [0.2, 0.25) is 0 Å². The average molecular weight is 354 g/mol. The second-order valence-electron chi connectivity index (χ2n) is 6.08. The van der Waals surface area contributed by atoms with E-state index in [-0.39, 0.29) is 18.8 Å². The van der Waals surface area contributed by atoms with Crippen LogP contribution in [0, 0.1) is 6.92 Å². The molecule has 4 aromatic rings. The summed E-state index contributed by atoms with van der Waals surface area (Å²) in [6.07, 6.45) is 3.96. The predicted octanol–water partition coefficient (Wildman–Crippen LogP) is 3.18. The van der Waals surface area contributed by atoms with Crippen LogP contribution in [0.1, 0.15) is 34.8 Å². The molecule has 0 amide bonds. The lowest BCUT2D eigenvalue weighted by Crippen LogP contribution is -2.26. The van der Waals surface area contributed by atoms with E-state index in [9.17, 15) is 0 Å². The highest BCUT2D eigenvalue weighted by Gasteiger charge is 2.18. The number of nitrogens with one attached hydrogen (secondary N) is 1. The maximum absolute atomic E-state index is 7.98. The van der Waals surface area contributed by atoms with Gasteiger partial charge >= 0.3 is 0 Å². The zero-order valence-corrected chi connectivity index (χ0v) is 14.3. The Bertz CT molecular complexity index is 1220. The summed E-state index contributed by atoms with van der Waals surface area (Å²) in [5, 5.41) is 6.99. The van der Waals surface area contributed by atoms with Crippen LogP contribution in [0.15, 0.2) is 30.6 Å². The van der Waals surface area contributed by atoms with Crippen LogP contribution in [-0.2, 0) is 0 Å². The van der Waals surface area contributed by atoms with Gasteiger partial charge in [-0.3, -0.25) is 4.98 Å². The number of thiophene rings is 1. The van der Waals surface area contributed by atoms with Gasteiger partial charge in [0.1, 0.15) is 21.7 Å². The monoisotopic (exact) mass is 354 g/mol. The summed E-state index contributed by atoms with van der Waals surface area (Å²) >= 11 is 1.44. The quantitative estimate of drug-likeness (QED) is 0.599. The molecule has 1 aliphatic heterocycles. The molecule has 6 nitrogen and oxygen atoms in total. The van der Waals surface area contributed by atoms with Gasteiger partial charge in [0.2, 0.25) is 0 Å². The maximum Gasteiger partial charge on any atom is 0.153 e. The SMILES string of the molecule is [2H]C1([2H])CC(c2cc3ncc(-c4ccc5nc(C)cn5n4)nc3s2)CC([2H])([2H])N1. The fourth-order valence-electron chi connectivity index (χ4n) is 2.98. The first-order valence-electron chi connectivity index (χ1n) is 10.1. The van der Waals surface area contributed by atoms with Gasteiger partial charge in [-0.15, -0.1) is 11.3 Å². The molecule has 0 bridgehead atoms. The molecule has 0 aromatic carbocycles. The number of imidazole rings is 1. The van der Waals surface area contributed by atoms with Gasteiger partial charge in [-0.25, -0.2) is 14.5 Å². The summed E-state index contributed by atoms with van der Waals surface area (Å²) in [7, 11) is 0. The van der Waals surface area contributed by atoms with E-state index in [1.165, 1.54) is 11.3 Å². The average Bonchev–Trinajstić information content (AvgIpc) is 3.19. The van der Waals surface area contributed by atoms with Crippen LogP contribution in [0.25, 0.3) is 27.4 Å². The van der Waals surface area contributed by atoms with Crippen molar-refractivity contribution in [2.75, 3.05) is 13.0 Å². The van der Waals surface area contributed by atoms with E-state index in [0.29, 0.717) is 11.4 Å². The van der Waals surface area contributed by atoms with E-state index in [0.717, 1.165) is 26.6 Å². The number of hydrogen-bond donors (Lipinski definition) is 1. The first-order chi connectivity index (χ1) is 13.7. The molecule has 0 spiro atoms. The molecule has 25 heavy (non-hydrogen) atoms. The summed E-state index contributed by atoms with van der Waals surface area (Å²) < 4.78 is 33.7. The van der Waals surface area contributed by atoms with E-state index in [1.54, 1.807) is 10.7 Å². The Morgan fingerprint density at radius 3 is 3.00 bits per heavy atom. The molecule has 1 aliphatic rings. The summed E-state index contributed by atoms with van der Waals surface area (Å²) in [6, 6.07) is 5.65. The highest BCUT2D eigenvalue weighted by Crippen LogP contribution is 2.34. The molecule has 1 saturated heterocycles. The smallest absolute Gasteiger partial charge is 0.153 e. The van der Waals surface area contributed by atoms with Crippen LogP contribution in [-0.4, -0.2) is 37.6 Å². The number of rotatable bonds is 2. The number of aromatic nitrogens is 5. The Morgan fingerprint density at radius 1 is 1.24 bits per heavy atom. The third kappa shape index (κ3) is 2.69. The molecule has 0 atom stereocenters. The summed E-state index contributed by atoms with van der Waals surface area (Å²) in [5.74, 6) is -0.228. The van der Waals surface area contributed by atoms with Crippen LogP contribution < -0.4 is 5.32 Å². The molecule has 0 saturated carbocycles. The topological polar surface area (TPSA) is 68.0 Å². The van der Waals surface area contributed by atoms with Crippen molar-refractivity contribution in [2.24, 2.45) is 0 Å². The minimum atomic E-state index is -1.75. The second kappa shape index (κ2) is 5.86. The van der Waals surface area contributed by atoms with Gasteiger partial charge in [0.05, 0.1) is 18.1 Å². The fraction of sp³-hybridized carbons (Fsp3) is 0.333. The molecular weight excluding hydrogens is 332 g/mol. The Labute approximate surface area is 154 Å². The van der Waals surface area contributed by atoms with E-state index in [2.05, 4.69) is 20.4 Å². The second-order valence-corrected chi connectivity index (χ2v) is 7.14. The van der Waals surface area contributed by atoms with Crippen molar-refractivity contribution in [1.29, 1.82) is 0 Å². The number of fused-ring (bicyclic) bond motifs is 2. The van der Waals surface area contributed by atoms with E-state index >= 15 is 0 Å². The number of nitrogens with zero attached hydrogens (tertiary/aromatic N) is 5. The lowest BCUT2D eigenvalue weighted by Gasteiger charge is -2.20. The normalized spacial score (nSPS) is 22.4. The van der Waals surface area contributed by atoms with Crippen molar-refractivity contribution < 1.29 is 5.48 Å². The molecule has 0 unspecified atom stereocenters. The first-order valence-corrected chi connectivity index (χ1v) is 8.88. The third-order valence-corrected chi connectivity index (χ3v) is 5.42. The maximum atomic E-state index is 7.98. The fourth-order valence-corrected chi connectivity index (χ4v) is 4.06. The lowest BCUT2D eigenvalue weighted by atomic mass is 9.96. The molecule has 5 heterocycles. The van der Waals surface area contributed by atoms with Crippen molar-refractivity contribution in [1.82, 2.24) is 29.9 Å². The van der Waals surface area contributed by atoms with E-state index < -0.39 is 13.0 Å². The van der Waals surface area contributed by atoms with Gasteiger partial charge in [0.15, 0.2) is 5.65 Å². The molecule has 0 radical (unpaired) electrons. The standard InChI is InChI=1S/C18H18N6S/c1-11-10-24-17(21-11)3-2-13(23-24)15-9-20-14-8-16(25-18(14)22-15)12-4-6-19-7-5-12/h2-3,8-10,12,19H,4-7H2,1H3/i6D2,7D2. The molecule has 5 rings (SSSR count). The number of piperidine rings is 1. The third-order valence-electron chi connectivity index (χ3n) is 4.24. The van der Waals surface area contributed by atoms with Gasteiger partial charge in [0.25, 0.3) is 0 Å². The van der Waals surface area contributed by atoms with Crippen LogP contribution in [0.3, 0.4) is 0 Å². The molecular formula is C18H18N6S. The summed E-state index contributed by atoms with van der Waals surface area (Å²) in [4.78, 5) is 15.2. The van der Waals surface area contributed by atoms with E-state index in [4.69, 9.17) is 10.5 Å². The Hall–Kier alpha value is -2.38. The van der Waals surface area contributed by atoms with Crippen molar-refractivity contribution >= 4 is 27.3 Å². The van der Waals surface area contributed by atoms with Gasteiger partial charge < -0.3 is 5.32 Å². The van der Waals surface area contributed by atoms with Crippen molar-refractivity contribution in [2.45, 2.75) is 25.7 Å². The van der Waals surface area contributed by atoms with Gasteiger partial charge in [-0.2, -0.15) is 5.10 Å². The zero-order chi connectivity index (χ0) is 20.4. The minimum absolute atomic E-state index is 0.213.